The minimum atomic E-state index is 0.268. The molecule has 0 radical (unpaired) electrons. The number of rotatable bonds is 1. The summed E-state index contributed by atoms with van der Waals surface area (Å²) in [6.45, 7) is 0.800. The molecule has 0 saturated heterocycles. The van der Waals surface area contributed by atoms with Crippen molar-refractivity contribution in [3.05, 3.63) is 64.1 Å². The average Bonchev–Trinajstić information content (AvgIpc) is 2.39. The zero-order chi connectivity index (χ0) is 11.7. The smallest absolute Gasteiger partial charge is 0.0660 e. The first-order valence-corrected chi connectivity index (χ1v) is 6.45. The number of fused-ring (bicyclic) bond motifs is 1. The Labute approximate surface area is 109 Å². The Hall–Kier alpha value is -1.32. The largest absolute Gasteiger partial charge is 0.372 e. The van der Waals surface area contributed by atoms with E-state index in [-0.39, 0.29) is 6.04 Å². The minimum Gasteiger partial charge on any atom is -0.372 e. The Balaban J connectivity index is 2.08. The summed E-state index contributed by atoms with van der Waals surface area (Å²) in [5.41, 5.74) is 3.80. The summed E-state index contributed by atoms with van der Waals surface area (Å²) in [5, 5.41) is 6.84. The maximum atomic E-state index is 3.53. The molecule has 0 aromatic heterocycles. The first-order valence-electron chi connectivity index (χ1n) is 5.66. The summed E-state index contributed by atoms with van der Waals surface area (Å²) >= 11 is 3.53. The van der Waals surface area contributed by atoms with E-state index in [4.69, 9.17) is 0 Å². The predicted molar refractivity (Wildman–Crippen MR) is 74.1 cm³/mol. The van der Waals surface area contributed by atoms with E-state index in [2.05, 4.69) is 69.0 Å². The SMILES string of the molecule is Brc1ccc2c(c1)[C@H](c1ccccc1)NCN2. The van der Waals surface area contributed by atoms with Crippen LogP contribution in [0.1, 0.15) is 17.2 Å². The summed E-state index contributed by atoms with van der Waals surface area (Å²) in [4.78, 5) is 0. The van der Waals surface area contributed by atoms with Crippen LogP contribution in [0.3, 0.4) is 0 Å². The molecule has 2 N–H and O–H groups in total. The highest BCUT2D eigenvalue weighted by molar-refractivity contribution is 9.10. The fourth-order valence-corrected chi connectivity index (χ4v) is 2.61. The lowest BCUT2D eigenvalue weighted by Gasteiger charge is -2.28. The topological polar surface area (TPSA) is 24.1 Å². The molecule has 0 unspecified atom stereocenters. The first kappa shape index (κ1) is 10.8. The van der Waals surface area contributed by atoms with Crippen molar-refractivity contribution in [2.24, 2.45) is 0 Å². The molecule has 0 fully saturated rings. The second-order valence-electron chi connectivity index (χ2n) is 4.13. The van der Waals surface area contributed by atoms with Gasteiger partial charge >= 0.3 is 0 Å². The van der Waals surface area contributed by atoms with Gasteiger partial charge in [0.25, 0.3) is 0 Å². The van der Waals surface area contributed by atoms with E-state index < -0.39 is 0 Å². The van der Waals surface area contributed by atoms with Gasteiger partial charge in [-0.3, -0.25) is 5.32 Å². The van der Waals surface area contributed by atoms with Crippen LogP contribution in [0, 0.1) is 0 Å². The second-order valence-corrected chi connectivity index (χ2v) is 5.05. The van der Waals surface area contributed by atoms with Crippen molar-refractivity contribution in [2.75, 3.05) is 12.0 Å². The molecule has 17 heavy (non-hydrogen) atoms. The lowest BCUT2D eigenvalue weighted by atomic mass is 9.96. The van der Waals surface area contributed by atoms with Crippen LogP contribution in [0.2, 0.25) is 0 Å². The van der Waals surface area contributed by atoms with Crippen molar-refractivity contribution in [3.8, 4) is 0 Å². The molecule has 0 aliphatic carbocycles. The van der Waals surface area contributed by atoms with Gasteiger partial charge in [0.15, 0.2) is 0 Å². The van der Waals surface area contributed by atoms with Gasteiger partial charge in [0.05, 0.1) is 12.7 Å². The van der Waals surface area contributed by atoms with Gasteiger partial charge in [0.1, 0.15) is 0 Å². The van der Waals surface area contributed by atoms with E-state index in [1.54, 1.807) is 0 Å². The highest BCUT2D eigenvalue weighted by Crippen LogP contribution is 2.32. The maximum absolute atomic E-state index is 3.53. The van der Waals surface area contributed by atoms with E-state index in [0.717, 1.165) is 11.1 Å². The molecule has 1 heterocycles. The predicted octanol–water partition coefficient (Wildman–Crippen LogP) is 3.51. The number of anilines is 1. The monoisotopic (exact) mass is 288 g/mol. The van der Waals surface area contributed by atoms with Crippen molar-refractivity contribution in [3.63, 3.8) is 0 Å². The van der Waals surface area contributed by atoms with Crippen LogP contribution in [-0.2, 0) is 0 Å². The van der Waals surface area contributed by atoms with E-state index >= 15 is 0 Å². The Bertz CT molecular complexity index is 525. The fourth-order valence-electron chi connectivity index (χ4n) is 2.23. The average molecular weight is 289 g/mol. The van der Waals surface area contributed by atoms with Crippen LogP contribution in [-0.4, -0.2) is 6.67 Å². The van der Waals surface area contributed by atoms with Crippen molar-refractivity contribution in [2.45, 2.75) is 6.04 Å². The van der Waals surface area contributed by atoms with Gasteiger partial charge in [-0.25, -0.2) is 0 Å². The van der Waals surface area contributed by atoms with Crippen LogP contribution in [0.4, 0.5) is 5.69 Å². The lowest BCUT2D eigenvalue weighted by molar-refractivity contribution is 0.615. The van der Waals surface area contributed by atoms with Crippen LogP contribution >= 0.6 is 15.9 Å². The summed E-state index contributed by atoms with van der Waals surface area (Å²) < 4.78 is 1.11. The maximum Gasteiger partial charge on any atom is 0.0660 e. The number of hydrogen-bond donors (Lipinski definition) is 2. The third-order valence-electron chi connectivity index (χ3n) is 3.04. The summed E-state index contributed by atoms with van der Waals surface area (Å²) in [5.74, 6) is 0. The molecule has 0 spiro atoms. The molecule has 2 aromatic rings. The Morgan fingerprint density at radius 1 is 1.06 bits per heavy atom. The fraction of sp³-hybridized carbons (Fsp3) is 0.143. The minimum absolute atomic E-state index is 0.268. The van der Waals surface area contributed by atoms with Crippen LogP contribution < -0.4 is 10.6 Å². The van der Waals surface area contributed by atoms with Gasteiger partial charge in [0.2, 0.25) is 0 Å². The quantitative estimate of drug-likeness (QED) is 0.839. The lowest BCUT2D eigenvalue weighted by Crippen LogP contribution is -2.33. The Morgan fingerprint density at radius 3 is 2.71 bits per heavy atom. The molecule has 2 nitrogen and oxygen atoms in total. The number of benzene rings is 2. The molecule has 0 amide bonds. The molecule has 0 bridgehead atoms. The molecule has 1 aliphatic heterocycles. The number of hydrogen-bond acceptors (Lipinski definition) is 2. The molecule has 3 heteroatoms. The second kappa shape index (κ2) is 4.51. The summed E-state index contributed by atoms with van der Waals surface area (Å²) in [7, 11) is 0. The zero-order valence-electron chi connectivity index (χ0n) is 9.28. The van der Waals surface area contributed by atoms with Crippen molar-refractivity contribution in [1.82, 2.24) is 5.32 Å². The number of nitrogens with one attached hydrogen (secondary N) is 2. The van der Waals surface area contributed by atoms with Gasteiger partial charge in [-0.15, -0.1) is 0 Å². The van der Waals surface area contributed by atoms with E-state index in [1.165, 1.54) is 16.8 Å². The highest BCUT2D eigenvalue weighted by atomic mass is 79.9. The van der Waals surface area contributed by atoms with Crippen molar-refractivity contribution < 1.29 is 0 Å². The molecule has 0 saturated carbocycles. The zero-order valence-corrected chi connectivity index (χ0v) is 10.9. The molecular weight excluding hydrogens is 276 g/mol. The van der Waals surface area contributed by atoms with Gasteiger partial charge in [-0.1, -0.05) is 46.3 Å². The Kier molecular flexibility index (Phi) is 2.87. The Morgan fingerprint density at radius 2 is 1.88 bits per heavy atom. The van der Waals surface area contributed by atoms with Crippen molar-refractivity contribution in [1.29, 1.82) is 0 Å². The summed E-state index contributed by atoms with van der Waals surface area (Å²) in [6.07, 6.45) is 0. The molecule has 86 valence electrons. The highest BCUT2D eigenvalue weighted by Gasteiger charge is 2.20. The summed E-state index contributed by atoms with van der Waals surface area (Å²) in [6, 6.07) is 17.2. The van der Waals surface area contributed by atoms with Gasteiger partial charge in [0, 0.05) is 10.2 Å². The third-order valence-corrected chi connectivity index (χ3v) is 3.54. The van der Waals surface area contributed by atoms with Gasteiger partial charge in [-0.05, 0) is 29.3 Å². The van der Waals surface area contributed by atoms with Crippen LogP contribution in [0.15, 0.2) is 53.0 Å². The van der Waals surface area contributed by atoms with Crippen LogP contribution in [0.25, 0.3) is 0 Å². The number of halogens is 1. The molecular formula is C14H13BrN2. The van der Waals surface area contributed by atoms with Crippen LogP contribution in [0.5, 0.6) is 0 Å². The van der Waals surface area contributed by atoms with Crippen molar-refractivity contribution >= 4 is 21.6 Å². The normalized spacial score (nSPS) is 18.3. The van der Waals surface area contributed by atoms with Gasteiger partial charge < -0.3 is 5.32 Å². The van der Waals surface area contributed by atoms with Gasteiger partial charge in [-0.2, -0.15) is 0 Å². The van der Waals surface area contributed by atoms with E-state index in [1.807, 2.05) is 6.07 Å². The molecule has 1 atom stereocenters. The third kappa shape index (κ3) is 2.08. The molecule has 1 aliphatic rings. The van der Waals surface area contributed by atoms with E-state index in [9.17, 15) is 0 Å². The standard InChI is InChI=1S/C14H13BrN2/c15-11-6-7-13-12(8-11)14(17-9-16-13)10-4-2-1-3-5-10/h1-8,14,16-17H,9H2/t14-/m0/s1. The molecule has 2 aromatic carbocycles. The first-order chi connectivity index (χ1) is 8.34. The van der Waals surface area contributed by atoms with E-state index in [0.29, 0.717) is 0 Å². The molecule has 3 rings (SSSR count).